The van der Waals surface area contributed by atoms with Crippen LogP contribution in [0.5, 0.6) is 0 Å². The van der Waals surface area contributed by atoms with E-state index in [-0.39, 0.29) is 5.91 Å². The number of hydrogen-bond donors (Lipinski definition) is 2. The van der Waals surface area contributed by atoms with Crippen LogP contribution < -0.4 is 11.1 Å². The quantitative estimate of drug-likeness (QED) is 0.705. The fraction of sp³-hybridized carbons (Fsp3) is 0.909. The second-order valence-corrected chi connectivity index (χ2v) is 5.15. The Hall–Kier alpha value is -0.570. The zero-order chi connectivity index (χ0) is 10.8. The van der Waals surface area contributed by atoms with E-state index in [1.54, 1.807) is 13.8 Å². The van der Waals surface area contributed by atoms with Gasteiger partial charge in [0.05, 0.1) is 5.54 Å². The van der Waals surface area contributed by atoms with Crippen molar-refractivity contribution in [2.24, 2.45) is 11.7 Å². The summed E-state index contributed by atoms with van der Waals surface area (Å²) in [6, 6.07) is 0.349. The molecule has 0 saturated heterocycles. The lowest BCUT2D eigenvalue weighted by Crippen LogP contribution is -2.52. The summed E-state index contributed by atoms with van der Waals surface area (Å²) < 4.78 is 0. The van der Waals surface area contributed by atoms with E-state index in [9.17, 15) is 4.79 Å². The van der Waals surface area contributed by atoms with E-state index in [1.165, 1.54) is 12.8 Å². The molecule has 3 heteroatoms. The topological polar surface area (TPSA) is 55.1 Å². The molecule has 0 aliphatic heterocycles. The van der Waals surface area contributed by atoms with Crippen LogP contribution in [0.1, 0.15) is 46.5 Å². The van der Waals surface area contributed by atoms with Gasteiger partial charge in [0.25, 0.3) is 0 Å². The number of carbonyl (C=O) groups excluding carboxylic acids is 1. The van der Waals surface area contributed by atoms with Crippen LogP contribution in [-0.4, -0.2) is 17.5 Å². The highest BCUT2D eigenvalue weighted by molar-refractivity contribution is 5.85. The highest BCUT2D eigenvalue weighted by atomic mass is 16.2. The lowest BCUT2D eigenvalue weighted by atomic mass is 9.87. The van der Waals surface area contributed by atoms with Crippen LogP contribution in [0, 0.1) is 5.92 Å². The summed E-state index contributed by atoms with van der Waals surface area (Å²) in [4.78, 5) is 11.6. The van der Waals surface area contributed by atoms with Crippen molar-refractivity contribution < 1.29 is 4.79 Å². The molecule has 0 heterocycles. The molecule has 0 spiro atoms. The summed E-state index contributed by atoms with van der Waals surface area (Å²) in [5.41, 5.74) is 4.96. The monoisotopic (exact) mass is 198 g/mol. The van der Waals surface area contributed by atoms with Crippen LogP contribution in [0.3, 0.4) is 0 Å². The zero-order valence-corrected chi connectivity index (χ0v) is 9.47. The molecule has 1 saturated carbocycles. The van der Waals surface area contributed by atoms with Crippen molar-refractivity contribution in [3.63, 3.8) is 0 Å². The third-order valence-corrected chi connectivity index (χ3v) is 2.94. The van der Waals surface area contributed by atoms with Crippen LogP contribution >= 0.6 is 0 Å². The van der Waals surface area contributed by atoms with Crippen molar-refractivity contribution in [2.75, 3.05) is 0 Å². The van der Waals surface area contributed by atoms with Crippen LogP contribution in [0.2, 0.25) is 0 Å². The molecule has 1 aliphatic carbocycles. The van der Waals surface area contributed by atoms with Gasteiger partial charge in [-0.2, -0.15) is 0 Å². The van der Waals surface area contributed by atoms with Gasteiger partial charge in [-0.15, -0.1) is 0 Å². The van der Waals surface area contributed by atoms with E-state index >= 15 is 0 Å². The fourth-order valence-electron chi connectivity index (χ4n) is 1.78. The molecule has 3 nitrogen and oxygen atoms in total. The summed E-state index contributed by atoms with van der Waals surface area (Å²) in [6.07, 6.45) is 4.64. The Labute approximate surface area is 86.4 Å². The van der Waals surface area contributed by atoms with Gasteiger partial charge in [0, 0.05) is 6.04 Å². The summed E-state index contributed by atoms with van der Waals surface area (Å²) >= 11 is 0. The van der Waals surface area contributed by atoms with E-state index in [2.05, 4.69) is 12.2 Å². The molecule has 0 aromatic rings. The summed E-state index contributed by atoms with van der Waals surface area (Å²) in [5.74, 6) is 0.783. The average molecular weight is 198 g/mol. The number of hydrogen-bond acceptors (Lipinski definition) is 2. The molecule has 3 N–H and O–H groups in total. The highest BCUT2D eigenvalue weighted by Crippen LogP contribution is 2.23. The molecular weight excluding hydrogens is 176 g/mol. The van der Waals surface area contributed by atoms with E-state index in [4.69, 9.17) is 5.73 Å². The van der Waals surface area contributed by atoms with Crippen LogP contribution in [0.25, 0.3) is 0 Å². The Bertz CT molecular complexity index is 200. The maximum atomic E-state index is 11.6. The third-order valence-electron chi connectivity index (χ3n) is 2.94. The minimum Gasteiger partial charge on any atom is -0.352 e. The molecule has 0 unspecified atom stereocenters. The summed E-state index contributed by atoms with van der Waals surface area (Å²) in [7, 11) is 0. The van der Waals surface area contributed by atoms with E-state index in [1.807, 2.05) is 0 Å². The second kappa shape index (κ2) is 4.30. The van der Waals surface area contributed by atoms with Gasteiger partial charge in [-0.1, -0.05) is 6.92 Å². The summed E-state index contributed by atoms with van der Waals surface area (Å²) in [6.45, 7) is 5.76. The number of nitrogens with one attached hydrogen (secondary N) is 1. The largest absolute Gasteiger partial charge is 0.352 e. The minimum absolute atomic E-state index is 0.0305. The fourth-order valence-corrected chi connectivity index (χ4v) is 1.78. The van der Waals surface area contributed by atoms with Crippen molar-refractivity contribution in [3.8, 4) is 0 Å². The first-order valence-corrected chi connectivity index (χ1v) is 5.49. The first-order valence-electron chi connectivity index (χ1n) is 5.49. The number of carbonyl (C=O) groups is 1. The van der Waals surface area contributed by atoms with Gasteiger partial charge in [-0.05, 0) is 45.4 Å². The second-order valence-electron chi connectivity index (χ2n) is 5.15. The third kappa shape index (κ3) is 3.29. The van der Waals surface area contributed by atoms with Gasteiger partial charge >= 0.3 is 0 Å². The van der Waals surface area contributed by atoms with Crippen LogP contribution in [0.4, 0.5) is 0 Å². The van der Waals surface area contributed by atoms with Crippen molar-refractivity contribution in [2.45, 2.75) is 58.0 Å². The molecular formula is C11H22N2O. The molecule has 1 rings (SSSR count). The Morgan fingerprint density at radius 1 is 1.29 bits per heavy atom. The van der Waals surface area contributed by atoms with E-state index in [0.717, 1.165) is 18.8 Å². The molecule has 82 valence electrons. The molecule has 0 radical (unpaired) electrons. The molecule has 14 heavy (non-hydrogen) atoms. The van der Waals surface area contributed by atoms with E-state index in [0.29, 0.717) is 6.04 Å². The first kappa shape index (κ1) is 11.5. The summed E-state index contributed by atoms with van der Waals surface area (Å²) in [5, 5.41) is 3.02. The lowest BCUT2D eigenvalue weighted by molar-refractivity contribution is -0.126. The standard InChI is InChI=1S/C11H22N2O/c1-8-4-6-9(7-5-8)13-10(14)11(2,3)12/h8-9H,4-7,12H2,1-3H3,(H,13,14)/t8-,9-. The highest BCUT2D eigenvalue weighted by Gasteiger charge is 2.26. The van der Waals surface area contributed by atoms with Gasteiger partial charge in [0.15, 0.2) is 0 Å². The van der Waals surface area contributed by atoms with Gasteiger partial charge in [0.1, 0.15) is 0 Å². The van der Waals surface area contributed by atoms with Gasteiger partial charge in [-0.25, -0.2) is 0 Å². The van der Waals surface area contributed by atoms with Crippen LogP contribution in [-0.2, 0) is 4.79 Å². The average Bonchev–Trinajstić information content (AvgIpc) is 2.07. The molecule has 1 amide bonds. The van der Waals surface area contributed by atoms with Crippen molar-refractivity contribution >= 4 is 5.91 Å². The van der Waals surface area contributed by atoms with Crippen molar-refractivity contribution in [1.29, 1.82) is 0 Å². The number of amides is 1. The molecule has 1 aliphatic rings. The predicted octanol–water partition coefficient (Wildman–Crippen LogP) is 1.42. The number of rotatable bonds is 2. The Morgan fingerprint density at radius 2 is 1.79 bits per heavy atom. The molecule has 0 atom stereocenters. The smallest absolute Gasteiger partial charge is 0.239 e. The normalized spacial score (nSPS) is 28.6. The minimum atomic E-state index is -0.747. The van der Waals surface area contributed by atoms with Crippen molar-refractivity contribution in [3.05, 3.63) is 0 Å². The molecule has 0 aromatic heterocycles. The van der Waals surface area contributed by atoms with Crippen molar-refractivity contribution in [1.82, 2.24) is 5.32 Å². The van der Waals surface area contributed by atoms with E-state index < -0.39 is 5.54 Å². The lowest BCUT2D eigenvalue weighted by Gasteiger charge is -2.29. The molecule has 0 aromatic carbocycles. The number of nitrogens with two attached hydrogens (primary N) is 1. The van der Waals surface area contributed by atoms with Gasteiger partial charge < -0.3 is 11.1 Å². The Kier molecular flexibility index (Phi) is 3.53. The zero-order valence-electron chi connectivity index (χ0n) is 9.47. The van der Waals surface area contributed by atoms with Gasteiger partial charge in [-0.3, -0.25) is 4.79 Å². The Balaban J connectivity index is 2.35. The molecule has 0 bridgehead atoms. The molecule has 1 fully saturated rings. The van der Waals surface area contributed by atoms with Crippen LogP contribution in [0.15, 0.2) is 0 Å². The maximum absolute atomic E-state index is 11.6. The first-order chi connectivity index (χ1) is 6.39. The Morgan fingerprint density at radius 3 is 2.21 bits per heavy atom. The predicted molar refractivity (Wildman–Crippen MR) is 57.8 cm³/mol. The SMILES string of the molecule is CC(C)(N)C(=O)N[C@H]1CC[C@H](C)CC1. The van der Waals surface area contributed by atoms with Gasteiger partial charge in [0.2, 0.25) is 5.91 Å². The maximum Gasteiger partial charge on any atom is 0.239 e.